The smallest absolute Gasteiger partial charge is 0.312 e. The number of amides is 1. The van der Waals surface area contributed by atoms with Crippen LogP contribution in [0.5, 0.6) is 5.75 Å². The van der Waals surface area contributed by atoms with Gasteiger partial charge in [0.1, 0.15) is 0 Å². The monoisotopic (exact) mass is 463 g/mol. The van der Waals surface area contributed by atoms with Crippen molar-refractivity contribution in [1.82, 2.24) is 9.62 Å². The number of rotatable bonds is 7. The summed E-state index contributed by atoms with van der Waals surface area (Å²) >= 11 is 0. The van der Waals surface area contributed by atoms with Gasteiger partial charge in [-0.05, 0) is 18.6 Å². The molecule has 2 saturated heterocycles. The second kappa shape index (κ2) is 8.83. The quantitative estimate of drug-likeness (QED) is 0.407. The Labute approximate surface area is 173 Å². The van der Waals surface area contributed by atoms with E-state index in [1.807, 2.05) is 0 Å². The molecule has 1 amide bonds. The molecule has 0 aromatic heterocycles. The Balaban J connectivity index is 1.69. The number of nitro groups is 1. The first-order valence-electron chi connectivity index (χ1n) is 9.07. The van der Waals surface area contributed by atoms with Crippen LogP contribution in [0.3, 0.4) is 0 Å². The highest BCUT2D eigenvalue weighted by Crippen LogP contribution is 2.31. The number of carbonyl (C=O) groups excluding carboxylic acids is 1. The van der Waals surface area contributed by atoms with Crippen molar-refractivity contribution in [1.29, 1.82) is 0 Å². The Kier molecular flexibility index (Phi) is 6.59. The highest BCUT2D eigenvalue weighted by atomic mass is 32.2. The number of hydrogen-bond acceptors (Lipinski definition) is 9. The molecule has 1 unspecified atom stereocenters. The highest BCUT2D eigenvalue weighted by Gasteiger charge is 2.31. The molecule has 1 N–H and O–H groups in total. The molecular formula is C16H21N3O9S2. The van der Waals surface area contributed by atoms with Gasteiger partial charge in [0, 0.05) is 25.2 Å². The van der Waals surface area contributed by atoms with Crippen LogP contribution in [-0.4, -0.2) is 82.4 Å². The van der Waals surface area contributed by atoms with Gasteiger partial charge < -0.3 is 14.8 Å². The SMILES string of the molecule is O=C(COc1ccc(S(=O)(=O)N2CCOCC2)cc1[N+](=O)[O-])NC1CCS(=O)(=O)C1. The van der Waals surface area contributed by atoms with Crippen molar-refractivity contribution in [3.05, 3.63) is 28.3 Å². The molecule has 0 saturated carbocycles. The van der Waals surface area contributed by atoms with Crippen molar-refractivity contribution in [2.75, 3.05) is 44.4 Å². The van der Waals surface area contributed by atoms with E-state index in [0.29, 0.717) is 6.42 Å². The van der Waals surface area contributed by atoms with Crippen LogP contribution in [0, 0.1) is 10.1 Å². The summed E-state index contributed by atoms with van der Waals surface area (Å²) < 4.78 is 59.7. The van der Waals surface area contributed by atoms with E-state index in [1.165, 1.54) is 10.4 Å². The molecule has 12 nitrogen and oxygen atoms in total. The molecule has 0 bridgehead atoms. The summed E-state index contributed by atoms with van der Waals surface area (Å²) in [6, 6.07) is 2.66. The minimum Gasteiger partial charge on any atom is -0.477 e. The molecule has 14 heteroatoms. The van der Waals surface area contributed by atoms with Crippen LogP contribution in [0.25, 0.3) is 0 Å². The number of nitro benzene ring substituents is 1. The lowest BCUT2D eigenvalue weighted by atomic mass is 10.2. The van der Waals surface area contributed by atoms with E-state index >= 15 is 0 Å². The molecule has 2 heterocycles. The third kappa shape index (κ3) is 5.24. The predicted octanol–water partition coefficient (Wildman–Crippen LogP) is -0.702. The summed E-state index contributed by atoms with van der Waals surface area (Å²) in [6.45, 7) is 0.184. The average molecular weight is 463 g/mol. The predicted molar refractivity (Wildman–Crippen MR) is 103 cm³/mol. The third-order valence-corrected chi connectivity index (χ3v) is 8.35. The lowest BCUT2D eigenvalue weighted by Gasteiger charge is -2.26. The van der Waals surface area contributed by atoms with Crippen LogP contribution in [0.1, 0.15) is 6.42 Å². The second-order valence-corrected chi connectivity index (χ2v) is 11.0. The molecule has 0 aliphatic carbocycles. The second-order valence-electron chi connectivity index (χ2n) is 6.86. The molecule has 0 radical (unpaired) electrons. The number of ether oxygens (including phenoxy) is 2. The van der Waals surface area contributed by atoms with Crippen molar-refractivity contribution in [2.45, 2.75) is 17.4 Å². The minimum absolute atomic E-state index is 0.0106. The van der Waals surface area contributed by atoms with Gasteiger partial charge >= 0.3 is 5.69 Å². The summed E-state index contributed by atoms with van der Waals surface area (Å²) in [4.78, 5) is 22.3. The van der Waals surface area contributed by atoms with Gasteiger partial charge in [0.15, 0.2) is 22.2 Å². The van der Waals surface area contributed by atoms with Gasteiger partial charge in [0.05, 0.1) is 34.5 Å². The van der Waals surface area contributed by atoms with E-state index in [4.69, 9.17) is 9.47 Å². The van der Waals surface area contributed by atoms with E-state index < -0.39 is 49.0 Å². The number of morpholine rings is 1. The van der Waals surface area contributed by atoms with Gasteiger partial charge in [-0.2, -0.15) is 4.31 Å². The molecule has 2 aliphatic heterocycles. The number of sulfone groups is 1. The van der Waals surface area contributed by atoms with Crippen molar-refractivity contribution < 1.29 is 36.0 Å². The Bertz CT molecular complexity index is 1030. The van der Waals surface area contributed by atoms with Gasteiger partial charge in [-0.15, -0.1) is 0 Å². The summed E-state index contributed by atoms with van der Waals surface area (Å²) in [5, 5.41) is 13.9. The number of nitrogens with one attached hydrogen (secondary N) is 1. The largest absolute Gasteiger partial charge is 0.477 e. The van der Waals surface area contributed by atoms with Crippen molar-refractivity contribution in [3.63, 3.8) is 0 Å². The Hall–Kier alpha value is -2.29. The molecule has 2 aliphatic rings. The lowest BCUT2D eigenvalue weighted by Crippen LogP contribution is -2.40. The number of carbonyl (C=O) groups is 1. The van der Waals surface area contributed by atoms with E-state index in [1.54, 1.807) is 0 Å². The summed E-state index contributed by atoms with van der Waals surface area (Å²) in [6.07, 6.45) is 0.294. The molecule has 3 rings (SSSR count). The average Bonchev–Trinajstić information content (AvgIpc) is 3.04. The fourth-order valence-electron chi connectivity index (χ4n) is 3.18. The maximum Gasteiger partial charge on any atom is 0.312 e. The van der Waals surface area contributed by atoms with Crippen LogP contribution in [-0.2, 0) is 29.4 Å². The molecule has 166 valence electrons. The maximum absolute atomic E-state index is 12.7. The first-order valence-corrected chi connectivity index (χ1v) is 12.3. The zero-order chi connectivity index (χ0) is 21.9. The van der Waals surface area contributed by atoms with Gasteiger partial charge in [0.2, 0.25) is 10.0 Å². The van der Waals surface area contributed by atoms with Crippen molar-refractivity contribution in [2.24, 2.45) is 0 Å². The Morgan fingerprint density at radius 3 is 2.63 bits per heavy atom. The number of nitrogens with zero attached hydrogens (tertiary/aromatic N) is 2. The molecule has 1 aromatic carbocycles. The van der Waals surface area contributed by atoms with Gasteiger partial charge in [0.25, 0.3) is 5.91 Å². The maximum atomic E-state index is 12.7. The number of hydrogen-bond donors (Lipinski definition) is 1. The van der Waals surface area contributed by atoms with Crippen LogP contribution < -0.4 is 10.1 Å². The van der Waals surface area contributed by atoms with Crippen LogP contribution in [0.2, 0.25) is 0 Å². The van der Waals surface area contributed by atoms with Crippen LogP contribution in [0.4, 0.5) is 5.69 Å². The number of benzene rings is 1. The Morgan fingerprint density at radius 2 is 2.03 bits per heavy atom. The molecule has 0 spiro atoms. The summed E-state index contributed by atoms with van der Waals surface area (Å²) in [5.41, 5.74) is -0.597. The standard InChI is InChI=1S/C16H21N3O9S2/c20-16(17-12-3-8-29(23,24)11-12)10-28-15-2-1-13(9-14(15)19(21)22)30(25,26)18-4-6-27-7-5-18/h1-2,9,12H,3-8,10-11H2,(H,17,20). The van der Waals surface area contributed by atoms with Crippen LogP contribution >= 0.6 is 0 Å². The lowest BCUT2D eigenvalue weighted by molar-refractivity contribution is -0.386. The highest BCUT2D eigenvalue weighted by molar-refractivity contribution is 7.91. The molecule has 1 atom stereocenters. The topological polar surface area (TPSA) is 162 Å². The molecule has 1 aromatic rings. The van der Waals surface area contributed by atoms with E-state index in [2.05, 4.69) is 5.32 Å². The zero-order valence-electron chi connectivity index (χ0n) is 15.9. The number of sulfonamides is 1. The van der Waals surface area contributed by atoms with E-state index in [0.717, 1.165) is 12.1 Å². The molecule has 2 fully saturated rings. The van der Waals surface area contributed by atoms with E-state index in [-0.39, 0.29) is 48.5 Å². The first kappa shape index (κ1) is 22.4. The van der Waals surface area contributed by atoms with Gasteiger partial charge in [-0.1, -0.05) is 0 Å². The summed E-state index contributed by atoms with van der Waals surface area (Å²) in [5.74, 6) is -1.07. The van der Waals surface area contributed by atoms with Crippen molar-refractivity contribution >= 4 is 31.5 Å². The van der Waals surface area contributed by atoms with Gasteiger partial charge in [-0.25, -0.2) is 16.8 Å². The fraction of sp³-hybridized carbons (Fsp3) is 0.562. The van der Waals surface area contributed by atoms with Crippen molar-refractivity contribution in [3.8, 4) is 5.75 Å². The normalized spacial score (nSPS) is 21.8. The third-order valence-electron chi connectivity index (χ3n) is 4.69. The first-order chi connectivity index (χ1) is 14.1. The van der Waals surface area contributed by atoms with E-state index in [9.17, 15) is 31.7 Å². The fourth-order valence-corrected chi connectivity index (χ4v) is 6.28. The molecule has 30 heavy (non-hydrogen) atoms. The zero-order valence-corrected chi connectivity index (χ0v) is 17.5. The molecular weight excluding hydrogens is 442 g/mol. The minimum atomic E-state index is -3.94. The summed E-state index contributed by atoms with van der Waals surface area (Å²) in [7, 11) is -7.10. The van der Waals surface area contributed by atoms with Gasteiger partial charge in [-0.3, -0.25) is 14.9 Å². The Morgan fingerprint density at radius 1 is 1.33 bits per heavy atom. The van der Waals surface area contributed by atoms with Crippen LogP contribution in [0.15, 0.2) is 23.1 Å².